The van der Waals surface area contributed by atoms with Crippen LogP contribution < -0.4 is 4.74 Å². The fourth-order valence-electron chi connectivity index (χ4n) is 1.34. The van der Waals surface area contributed by atoms with E-state index in [1.165, 1.54) is 24.5 Å². The normalized spacial score (nSPS) is 9.78. The zero-order chi connectivity index (χ0) is 13.0. The van der Waals surface area contributed by atoms with E-state index in [1.54, 1.807) is 12.1 Å². The molecule has 0 aliphatic carbocycles. The highest BCUT2D eigenvalue weighted by Crippen LogP contribution is 2.18. The number of halogens is 1. The Labute approximate surface area is 102 Å². The standard InChI is InChI=1S/C13H8FNO3/c14-10-6-9(7-15)3-4-12(10)18-8-11(16)13-2-1-5-17-13/h1-6H,8H2. The summed E-state index contributed by atoms with van der Waals surface area (Å²) in [6, 6.07) is 8.65. The molecule has 1 aromatic heterocycles. The predicted molar refractivity (Wildman–Crippen MR) is 59.6 cm³/mol. The molecule has 0 saturated heterocycles. The number of Topliss-reactive ketones (excluding diaryl/α,β-unsaturated/α-hetero) is 1. The van der Waals surface area contributed by atoms with Gasteiger partial charge in [-0.1, -0.05) is 0 Å². The molecule has 4 nitrogen and oxygen atoms in total. The molecule has 0 amide bonds. The van der Waals surface area contributed by atoms with Crippen LogP contribution in [-0.4, -0.2) is 12.4 Å². The van der Waals surface area contributed by atoms with Crippen molar-refractivity contribution in [3.8, 4) is 11.8 Å². The Morgan fingerprint density at radius 2 is 2.28 bits per heavy atom. The largest absolute Gasteiger partial charge is 0.482 e. The summed E-state index contributed by atoms with van der Waals surface area (Å²) in [6.45, 7) is -0.323. The van der Waals surface area contributed by atoms with E-state index < -0.39 is 5.82 Å². The van der Waals surface area contributed by atoms with Gasteiger partial charge in [-0.15, -0.1) is 0 Å². The zero-order valence-electron chi connectivity index (χ0n) is 9.22. The molecule has 0 aliphatic heterocycles. The van der Waals surface area contributed by atoms with Crippen LogP contribution in [0.5, 0.6) is 5.75 Å². The number of rotatable bonds is 4. The third-order valence-electron chi connectivity index (χ3n) is 2.22. The van der Waals surface area contributed by atoms with Crippen LogP contribution in [0.15, 0.2) is 41.0 Å². The van der Waals surface area contributed by atoms with E-state index in [1.807, 2.05) is 0 Å². The van der Waals surface area contributed by atoms with E-state index in [0.717, 1.165) is 6.07 Å². The molecule has 5 heteroatoms. The van der Waals surface area contributed by atoms with Gasteiger partial charge in [0, 0.05) is 0 Å². The fourth-order valence-corrected chi connectivity index (χ4v) is 1.34. The number of nitriles is 1. The smallest absolute Gasteiger partial charge is 0.235 e. The Hall–Kier alpha value is -2.61. The molecule has 0 atom stereocenters. The first-order valence-electron chi connectivity index (χ1n) is 5.10. The summed E-state index contributed by atoms with van der Waals surface area (Å²) < 4.78 is 23.3. The van der Waals surface area contributed by atoms with Gasteiger partial charge in [-0.3, -0.25) is 4.79 Å². The minimum atomic E-state index is -0.679. The highest BCUT2D eigenvalue weighted by atomic mass is 19.1. The lowest BCUT2D eigenvalue weighted by molar-refractivity contribution is 0.0891. The number of furan rings is 1. The van der Waals surface area contributed by atoms with E-state index in [9.17, 15) is 9.18 Å². The number of hydrogen-bond donors (Lipinski definition) is 0. The number of hydrogen-bond acceptors (Lipinski definition) is 4. The lowest BCUT2D eigenvalue weighted by Gasteiger charge is -2.05. The molecule has 0 radical (unpaired) electrons. The van der Waals surface area contributed by atoms with Crippen LogP contribution in [0, 0.1) is 17.1 Å². The summed E-state index contributed by atoms with van der Waals surface area (Å²) in [7, 11) is 0. The fraction of sp³-hybridized carbons (Fsp3) is 0.0769. The Balaban J connectivity index is 2.03. The third kappa shape index (κ3) is 2.55. The first kappa shape index (κ1) is 11.9. The van der Waals surface area contributed by atoms with Crippen molar-refractivity contribution in [1.82, 2.24) is 0 Å². The van der Waals surface area contributed by atoms with Crippen LogP contribution in [0.1, 0.15) is 16.1 Å². The van der Waals surface area contributed by atoms with Crippen LogP contribution in [0.3, 0.4) is 0 Å². The number of ether oxygens (including phenoxy) is 1. The lowest BCUT2D eigenvalue weighted by atomic mass is 10.2. The molecule has 1 aromatic carbocycles. The molecule has 90 valence electrons. The van der Waals surface area contributed by atoms with Crippen molar-refractivity contribution in [1.29, 1.82) is 5.26 Å². The van der Waals surface area contributed by atoms with E-state index in [4.69, 9.17) is 14.4 Å². The van der Waals surface area contributed by atoms with Crippen LogP contribution in [-0.2, 0) is 0 Å². The number of carbonyl (C=O) groups excluding carboxylic acids is 1. The molecule has 18 heavy (non-hydrogen) atoms. The topological polar surface area (TPSA) is 63.2 Å². The Bertz CT molecular complexity index is 599. The molecule has 0 unspecified atom stereocenters. The van der Waals surface area contributed by atoms with Crippen molar-refractivity contribution in [3.63, 3.8) is 0 Å². The second-order valence-electron chi connectivity index (χ2n) is 3.45. The SMILES string of the molecule is N#Cc1ccc(OCC(=O)c2ccco2)c(F)c1. The average Bonchev–Trinajstić information content (AvgIpc) is 2.90. The number of ketones is 1. The molecule has 0 saturated carbocycles. The van der Waals surface area contributed by atoms with Gasteiger partial charge in [0.05, 0.1) is 17.9 Å². The third-order valence-corrected chi connectivity index (χ3v) is 2.22. The van der Waals surface area contributed by atoms with Gasteiger partial charge in [0.25, 0.3) is 0 Å². The zero-order valence-corrected chi connectivity index (χ0v) is 9.22. The minimum Gasteiger partial charge on any atom is -0.482 e. The van der Waals surface area contributed by atoms with Crippen LogP contribution in [0.25, 0.3) is 0 Å². The number of nitrogens with zero attached hydrogens (tertiary/aromatic N) is 1. The van der Waals surface area contributed by atoms with Crippen LogP contribution in [0.4, 0.5) is 4.39 Å². The monoisotopic (exact) mass is 245 g/mol. The number of carbonyl (C=O) groups is 1. The minimum absolute atomic E-state index is 0.0751. The van der Waals surface area contributed by atoms with Crippen molar-refractivity contribution in [2.75, 3.05) is 6.61 Å². The molecule has 2 rings (SSSR count). The van der Waals surface area contributed by atoms with Crippen molar-refractivity contribution in [2.45, 2.75) is 0 Å². The van der Waals surface area contributed by atoms with E-state index >= 15 is 0 Å². The molecular weight excluding hydrogens is 237 g/mol. The van der Waals surface area contributed by atoms with Gasteiger partial charge in [-0.05, 0) is 30.3 Å². The van der Waals surface area contributed by atoms with Crippen molar-refractivity contribution in [3.05, 3.63) is 53.7 Å². The van der Waals surface area contributed by atoms with Gasteiger partial charge in [-0.2, -0.15) is 5.26 Å². The van der Waals surface area contributed by atoms with Crippen molar-refractivity contribution in [2.24, 2.45) is 0 Å². The molecule has 1 heterocycles. The van der Waals surface area contributed by atoms with E-state index in [2.05, 4.69) is 0 Å². The van der Waals surface area contributed by atoms with Gasteiger partial charge in [0.1, 0.15) is 0 Å². The summed E-state index contributed by atoms with van der Waals surface area (Å²) in [4.78, 5) is 11.5. The first-order valence-corrected chi connectivity index (χ1v) is 5.10. The maximum atomic E-state index is 13.4. The summed E-state index contributed by atoms with van der Waals surface area (Å²) in [5.74, 6) is -0.983. The molecule has 2 aromatic rings. The molecule has 0 aliphatic rings. The summed E-state index contributed by atoms with van der Waals surface area (Å²) >= 11 is 0. The molecule has 0 N–H and O–H groups in total. The second kappa shape index (κ2) is 5.15. The van der Waals surface area contributed by atoms with Crippen molar-refractivity contribution < 1.29 is 18.3 Å². The Morgan fingerprint density at radius 1 is 1.44 bits per heavy atom. The van der Waals surface area contributed by atoms with Gasteiger partial charge < -0.3 is 9.15 Å². The predicted octanol–water partition coefficient (Wildman–Crippen LogP) is 2.55. The molecule has 0 bridgehead atoms. The highest BCUT2D eigenvalue weighted by Gasteiger charge is 2.11. The summed E-state index contributed by atoms with van der Waals surface area (Å²) in [5, 5.41) is 8.57. The molecule has 0 spiro atoms. The average molecular weight is 245 g/mol. The maximum Gasteiger partial charge on any atom is 0.235 e. The van der Waals surface area contributed by atoms with E-state index in [-0.39, 0.29) is 29.5 Å². The Kier molecular flexibility index (Phi) is 3.39. The van der Waals surface area contributed by atoms with Gasteiger partial charge in [0.15, 0.2) is 23.9 Å². The van der Waals surface area contributed by atoms with Crippen LogP contribution >= 0.6 is 0 Å². The van der Waals surface area contributed by atoms with Gasteiger partial charge in [0.2, 0.25) is 5.78 Å². The maximum absolute atomic E-state index is 13.4. The lowest BCUT2D eigenvalue weighted by Crippen LogP contribution is -2.11. The Morgan fingerprint density at radius 3 is 2.89 bits per heavy atom. The number of benzene rings is 1. The van der Waals surface area contributed by atoms with Crippen LogP contribution in [0.2, 0.25) is 0 Å². The van der Waals surface area contributed by atoms with E-state index in [0.29, 0.717) is 0 Å². The first-order chi connectivity index (χ1) is 8.70. The highest BCUT2D eigenvalue weighted by molar-refractivity contribution is 5.94. The van der Waals surface area contributed by atoms with Crippen molar-refractivity contribution >= 4 is 5.78 Å². The summed E-state index contributed by atoms with van der Waals surface area (Å²) in [6.07, 6.45) is 1.37. The summed E-state index contributed by atoms with van der Waals surface area (Å²) in [5.41, 5.74) is 0.192. The quantitative estimate of drug-likeness (QED) is 0.776. The molecule has 0 fully saturated rings. The second-order valence-corrected chi connectivity index (χ2v) is 3.45. The molecular formula is C13H8FNO3. The van der Waals surface area contributed by atoms with Gasteiger partial charge in [-0.25, -0.2) is 4.39 Å². The van der Waals surface area contributed by atoms with Gasteiger partial charge >= 0.3 is 0 Å².